The van der Waals surface area contributed by atoms with E-state index in [9.17, 15) is 4.79 Å². The van der Waals surface area contributed by atoms with Crippen molar-refractivity contribution >= 4 is 5.91 Å². The van der Waals surface area contributed by atoms with Crippen molar-refractivity contribution in [3.05, 3.63) is 0 Å². The third kappa shape index (κ3) is 3.03. The Labute approximate surface area is 124 Å². The number of carbonyl (C=O) groups is 1. The first-order chi connectivity index (χ1) is 9.30. The second-order valence-corrected chi connectivity index (χ2v) is 8.03. The molecular weight excluding hydrogens is 248 g/mol. The average Bonchev–Trinajstić information content (AvgIpc) is 2.91. The lowest BCUT2D eigenvalue weighted by molar-refractivity contribution is -0.134. The monoisotopic (exact) mass is 280 g/mol. The largest absolute Gasteiger partial charge is 0.325 e. The minimum Gasteiger partial charge on any atom is -0.325 e. The van der Waals surface area contributed by atoms with Gasteiger partial charge in [-0.25, -0.2) is 0 Å². The SMILES string of the molecule is CCC(C)(C)CN1C(=O)C2(CCCC2)NC1CC(C)C. The zero-order valence-electron chi connectivity index (χ0n) is 14.0. The summed E-state index contributed by atoms with van der Waals surface area (Å²) in [6, 6.07) is 0. The van der Waals surface area contributed by atoms with Crippen molar-refractivity contribution in [1.29, 1.82) is 0 Å². The maximum absolute atomic E-state index is 13.0. The van der Waals surface area contributed by atoms with Gasteiger partial charge in [0.05, 0.1) is 11.7 Å². The Balaban J connectivity index is 2.18. The fourth-order valence-electron chi connectivity index (χ4n) is 3.60. The molecule has 1 amide bonds. The second-order valence-electron chi connectivity index (χ2n) is 8.03. The topological polar surface area (TPSA) is 32.3 Å². The van der Waals surface area contributed by atoms with E-state index in [4.69, 9.17) is 0 Å². The molecule has 116 valence electrons. The van der Waals surface area contributed by atoms with E-state index in [-0.39, 0.29) is 17.1 Å². The first-order valence-corrected chi connectivity index (χ1v) is 8.38. The second kappa shape index (κ2) is 5.67. The highest BCUT2D eigenvalue weighted by Crippen LogP contribution is 2.39. The van der Waals surface area contributed by atoms with Crippen LogP contribution in [0.4, 0.5) is 0 Å². The number of hydrogen-bond acceptors (Lipinski definition) is 2. The summed E-state index contributed by atoms with van der Waals surface area (Å²) in [5, 5.41) is 3.72. The van der Waals surface area contributed by atoms with Crippen LogP contribution in [0.2, 0.25) is 0 Å². The van der Waals surface area contributed by atoms with Crippen LogP contribution in [0.3, 0.4) is 0 Å². The van der Waals surface area contributed by atoms with E-state index < -0.39 is 0 Å². The van der Waals surface area contributed by atoms with E-state index in [0.29, 0.717) is 11.8 Å². The zero-order chi connectivity index (χ0) is 15.0. The summed E-state index contributed by atoms with van der Waals surface area (Å²) in [7, 11) is 0. The molecule has 1 saturated heterocycles. The number of hydrogen-bond donors (Lipinski definition) is 1. The van der Waals surface area contributed by atoms with Crippen LogP contribution in [0.25, 0.3) is 0 Å². The van der Waals surface area contributed by atoms with E-state index in [2.05, 4.69) is 44.8 Å². The quantitative estimate of drug-likeness (QED) is 0.835. The lowest BCUT2D eigenvalue weighted by Crippen LogP contribution is -2.45. The van der Waals surface area contributed by atoms with Gasteiger partial charge in [0.25, 0.3) is 0 Å². The molecule has 2 aliphatic rings. The summed E-state index contributed by atoms with van der Waals surface area (Å²) in [6.45, 7) is 12.1. The number of carbonyl (C=O) groups excluding carboxylic acids is 1. The van der Waals surface area contributed by atoms with Gasteiger partial charge in [0, 0.05) is 6.54 Å². The Morgan fingerprint density at radius 3 is 2.45 bits per heavy atom. The maximum atomic E-state index is 13.0. The molecule has 1 atom stereocenters. The van der Waals surface area contributed by atoms with Gasteiger partial charge in [0.1, 0.15) is 0 Å². The molecule has 1 N–H and O–H groups in total. The van der Waals surface area contributed by atoms with Crippen molar-refractivity contribution in [2.75, 3.05) is 6.54 Å². The Morgan fingerprint density at radius 1 is 1.35 bits per heavy atom. The Kier molecular flexibility index (Phi) is 4.48. The van der Waals surface area contributed by atoms with E-state index >= 15 is 0 Å². The average molecular weight is 280 g/mol. The van der Waals surface area contributed by atoms with E-state index in [1.165, 1.54) is 12.8 Å². The molecule has 2 rings (SSSR count). The summed E-state index contributed by atoms with van der Waals surface area (Å²) in [6.07, 6.45) is 6.86. The van der Waals surface area contributed by atoms with Crippen molar-refractivity contribution in [2.45, 2.75) is 84.8 Å². The van der Waals surface area contributed by atoms with Crippen LogP contribution < -0.4 is 5.32 Å². The van der Waals surface area contributed by atoms with Gasteiger partial charge in [-0.15, -0.1) is 0 Å². The van der Waals surface area contributed by atoms with Gasteiger partial charge < -0.3 is 4.90 Å². The number of amides is 1. The fraction of sp³-hybridized carbons (Fsp3) is 0.941. The molecular formula is C17H32N2O. The molecule has 0 aromatic rings. The summed E-state index contributed by atoms with van der Waals surface area (Å²) >= 11 is 0. The van der Waals surface area contributed by atoms with Crippen LogP contribution in [0, 0.1) is 11.3 Å². The van der Waals surface area contributed by atoms with E-state index in [0.717, 1.165) is 32.2 Å². The Hall–Kier alpha value is -0.570. The highest BCUT2D eigenvalue weighted by atomic mass is 16.2. The van der Waals surface area contributed by atoms with Gasteiger partial charge in [-0.1, -0.05) is 47.5 Å². The van der Waals surface area contributed by atoms with Crippen LogP contribution >= 0.6 is 0 Å². The van der Waals surface area contributed by atoms with Crippen LogP contribution in [0.5, 0.6) is 0 Å². The van der Waals surface area contributed by atoms with E-state index in [1.54, 1.807) is 0 Å². The minimum atomic E-state index is -0.219. The number of nitrogens with zero attached hydrogens (tertiary/aromatic N) is 1. The lowest BCUT2D eigenvalue weighted by atomic mass is 9.89. The summed E-state index contributed by atoms with van der Waals surface area (Å²) < 4.78 is 0. The Bertz CT molecular complexity index is 356. The molecule has 0 aromatic carbocycles. The summed E-state index contributed by atoms with van der Waals surface area (Å²) in [4.78, 5) is 15.1. The molecule has 0 aromatic heterocycles. The van der Waals surface area contributed by atoms with Gasteiger partial charge >= 0.3 is 0 Å². The number of nitrogens with one attached hydrogen (secondary N) is 1. The van der Waals surface area contributed by atoms with Gasteiger partial charge in [0.15, 0.2) is 0 Å². The lowest BCUT2D eigenvalue weighted by Gasteiger charge is -2.33. The maximum Gasteiger partial charge on any atom is 0.244 e. The highest BCUT2D eigenvalue weighted by molar-refractivity contribution is 5.89. The molecule has 1 unspecified atom stereocenters. The fourth-order valence-corrected chi connectivity index (χ4v) is 3.60. The van der Waals surface area contributed by atoms with Crippen molar-refractivity contribution in [1.82, 2.24) is 10.2 Å². The van der Waals surface area contributed by atoms with E-state index in [1.807, 2.05) is 0 Å². The summed E-state index contributed by atoms with van der Waals surface area (Å²) in [5.74, 6) is 0.992. The standard InChI is InChI=1S/C17H32N2O/c1-6-16(4,5)12-19-14(11-13(2)3)18-17(15(19)20)9-7-8-10-17/h13-14,18H,6-12H2,1-5H3. The van der Waals surface area contributed by atoms with Gasteiger partial charge in [0.2, 0.25) is 5.91 Å². The first-order valence-electron chi connectivity index (χ1n) is 8.38. The van der Waals surface area contributed by atoms with Crippen LogP contribution in [0.1, 0.15) is 73.1 Å². The normalized spacial score (nSPS) is 26.2. The first kappa shape index (κ1) is 15.8. The molecule has 3 nitrogen and oxygen atoms in total. The minimum absolute atomic E-state index is 0.205. The van der Waals surface area contributed by atoms with Crippen molar-refractivity contribution in [3.63, 3.8) is 0 Å². The van der Waals surface area contributed by atoms with Crippen molar-refractivity contribution < 1.29 is 4.79 Å². The molecule has 1 heterocycles. The molecule has 0 bridgehead atoms. The van der Waals surface area contributed by atoms with Crippen LogP contribution in [-0.4, -0.2) is 29.1 Å². The molecule has 1 spiro atoms. The molecule has 1 saturated carbocycles. The molecule has 1 aliphatic heterocycles. The predicted molar refractivity (Wildman–Crippen MR) is 83.4 cm³/mol. The molecule has 0 radical (unpaired) electrons. The molecule has 1 aliphatic carbocycles. The smallest absolute Gasteiger partial charge is 0.244 e. The third-order valence-electron chi connectivity index (χ3n) is 5.20. The van der Waals surface area contributed by atoms with Crippen LogP contribution in [-0.2, 0) is 4.79 Å². The summed E-state index contributed by atoms with van der Waals surface area (Å²) in [5.41, 5.74) is -0.0138. The van der Waals surface area contributed by atoms with Gasteiger partial charge in [-0.2, -0.15) is 0 Å². The van der Waals surface area contributed by atoms with Gasteiger partial charge in [-0.05, 0) is 37.0 Å². The number of rotatable bonds is 5. The molecule has 2 fully saturated rings. The van der Waals surface area contributed by atoms with Gasteiger partial charge in [-0.3, -0.25) is 10.1 Å². The highest BCUT2D eigenvalue weighted by Gasteiger charge is 2.52. The zero-order valence-corrected chi connectivity index (χ0v) is 14.0. The van der Waals surface area contributed by atoms with Crippen molar-refractivity contribution in [3.8, 4) is 0 Å². The van der Waals surface area contributed by atoms with Crippen molar-refractivity contribution in [2.24, 2.45) is 11.3 Å². The molecule has 3 heteroatoms. The third-order valence-corrected chi connectivity index (χ3v) is 5.20. The Morgan fingerprint density at radius 2 is 1.95 bits per heavy atom. The predicted octanol–water partition coefficient (Wildman–Crippen LogP) is 3.54. The van der Waals surface area contributed by atoms with Crippen LogP contribution in [0.15, 0.2) is 0 Å². The molecule has 20 heavy (non-hydrogen) atoms.